The van der Waals surface area contributed by atoms with E-state index in [1.54, 1.807) is 12.2 Å². The molecule has 0 amide bonds. The minimum atomic E-state index is -1.10. The van der Waals surface area contributed by atoms with Gasteiger partial charge in [-0.2, -0.15) is 0 Å². The van der Waals surface area contributed by atoms with Gasteiger partial charge in [0.2, 0.25) is 0 Å². The van der Waals surface area contributed by atoms with Gasteiger partial charge in [-0.15, -0.1) is 0 Å². The number of aliphatic carboxylic acids is 1. The van der Waals surface area contributed by atoms with Gasteiger partial charge in [0, 0.05) is 11.6 Å². The van der Waals surface area contributed by atoms with Gasteiger partial charge in [-0.25, -0.2) is 9.59 Å². The molecule has 1 aliphatic rings. The van der Waals surface area contributed by atoms with Crippen molar-refractivity contribution < 1.29 is 38.5 Å². The van der Waals surface area contributed by atoms with Crippen LogP contribution in [0.4, 0.5) is 0 Å². The first kappa shape index (κ1) is 21.1. The number of ether oxygens (including phenoxy) is 3. The van der Waals surface area contributed by atoms with Crippen LogP contribution < -0.4 is 0 Å². The highest BCUT2D eigenvalue weighted by Gasteiger charge is 2.36. The smallest absolute Gasteiger partial charge is 0.333 e. The van der Waals surface area contributed by atoms with E-state index < -0.39 is 41.8 Å². The lowest BCUT2D eigenvalue weighted by molar-refractivity contribution is -0.171. The molecule has 1 N–H and O–H groups in total. The fourth-order valence-corrected chi connectivity index (χ4v) is 2.24. The minimum Gasteiger partial charge on any atom is -0.481 e. The van der Waals surface area contributed by atoms with Crippen LogP contribution in [0.3, 0.4) is 0 Å². The van der Waals surface area contributed by atoms with Crippen molar-refractivity contribution in [2.45, 2.75) is 25.9 Å². The maximum atomic E-state index is 12.4. The summed E-state index contributed by atoms with van der Waals surface area (Å²) in [5.41, 5.74) is 0.154. The maximum Gasteiger partial charge on any atom is 0.333 e. The second-order valence-electron chi connectivity index (χ2n) is 5.77. The predicted molar refractivity (Wildman–Crippen MR) is 89.8 cm³/mol. The van der Waals surface area contributed by atoms with Gasteiger partial charge in [0.05, 0.1) is 11.8 Å². The molecule has 3 unspecified atom stereocenters. The number of hydrogen-bond acceptors (Lipinski definition) is 7. The van der Waals surface area contributed by atoms with E-state index in [0.29, 0.717) is 0 Å². The first-order valence-electron chi connectivity index (χ1n) is 7.96. The van der Waals surface area contributed by atoms with Crippen molar-refractivity contribution in [3.05, 3.63) is 37.0 Å². The zero-order valence-electron chi connectivity index (χ0n) is 14.5. The molecule has 142 valence electrons. The molecule has 0 saturated heterocycles. The second kappa shape index (κ2) is 10.2. The number of hydrogen-bond donors (Lipinski definition) is 1. The lowest BCUT2D eigenvalue weighted by Gasteiger charge is -2.26. The molecule has 8 heteroatoms. The van der Waals surface area contributed by atoms with Gasteiger partial charge in [0.25, 0.3) is 0 Å². The summed E-state index contributed by atoms with van der Waals surface area (Å²) in [6.45, 7) is 7.41. The van der Waals surface area contributed by atoms with E-state index in [-0.39, 0.29) is 31.6 Å². The van der Waals surface area contributed by atoms with Crippen LogP contribution in [0.15, 0.2) is 37.0 Å². The molecular formula is C18H22O8. The molecule has 0 bridgehead atoms. The normalized spacial score (nSPS) is 19.7. The maximum absolute atomic E-state index is 12.4. The van der Waals surface area contributed by atoms with Crippen molar-refractivity contribution >= 4 is 23.9 Å². The molecular weight excluding hydrogens is 344 g/mol. The van der Waals surface area contributed by atoms with Crippen molar-refractivity contribution in [2.75, 3.05) is 13.2 Å². The molecule has 0 radical (unpaired) electrons. The molecule has 8 nitrogen and oxygen atoms in total. The van der Waals surface area contributed by atoms with Gasteiger partial charge >= 0.3 is 23.9 Å². The topological polar surface area (TPSA) is 116 Å². The van der Waals surface area contributed by atoms with E-state index in [9.17, 15) is 24.3 Å². The average Bonchev–Trinajstić information content (AvgIpc) is 2.62. The summed E-state index contributed by atoms with van der Waals surface area (Å²) in [7, 11) is 0. The highest BCUT2D eigenvalue weighted by atomic mass is 16.6. The Morgan fingerprint density at radius 3 is 2.27 bits per heavy atom. The third kappa shape index (κ3) is 6.54. The van der Waals surface area contributed by atoms with Crippen molar-refractivity contribution in [1.29, 1.82) is 0 Å². The second-order valence-corrected chi connectivity index (χ2v) is 5.77. The summed E-state index contributed by atoms with van der Waals surface area (Å²) in [6.07, 6.45) is 3.71. The molecule has 3 atom stereocenters. The highest BCUT2D eigenvalue weighted by Crippen LogP contribution is 2.27. The van der Waals surface area contributed by atoms with Gasteiger partial charge in [-0.3, -0.25) is 9.59 Å². The van der Waals surface area contributed by atoms with Gasteiger partial charge in [-0.05, 0) is 19.8 Å². The van der Waals surface area contributed by atoms with Crippen LogP contribution in [0.2, 0.25) is 0 Å². The van der Waals surface area contributed by atoms with E-state index >= 15 is 0 Å². The Kier molecular flexibility index (Phi) is 8.27. The molecule has 0 heterocycles. The molecule has 0 fully saturated rings. The number of carboxylic acids is 1. The molecule has 1 aliphatic carbocycles. The van der Waals surface area contributed by atoms with Gasteiger partial charge < -0.3 is 19.3 Å². The largest absolute Gasteiger partial charge is 0.481 e. The highest BCUT2D eigenvalue weighted by molar-refractivity contribution is 5.87. The quantitative estimate of drug-likeness (QED) is 0.282. The summed E-state index contributed by atoms with van der Waals surface area (Å²) >= 11 is 0. The lowest BCUT2D eigenvalue weighted by atomic mass is 9.83. The SMILES string of the molecule is C=CC(=O)OCC(COC(=O)C(=C)C)OC(=O)C1CC=CCC1C(=O)O. The number of rotatable bonds is 9. The fourth-order valence-electron chi connectivity index (χ4n) is 2.24. The summed E-state index contributed by atoms with van der Waals surface area (Å²) in [4.78, 5) is 46.4. The number of carbonyl (C=O) groups excluding carboxylic acids is 3. The van der Waals surface area contributed by atoms with Crippen LogP contribution in [0.1, 0.15) is 19.8 Å². The van der Waals surface area contributed by atoms with Crippen molar-refractivity contribution in [3.8, 4) is 0 Å². The van der Waals surface area contributed by atoms with E-state index in [4.69, 9.17) is 14.2 Å². The number of carbonyl (C=O) groups is 4. The Bertz CT molecular complexity index is 619. The Hall–Kier alpha value is -2.90. The summed E-state index contributed by atoms with van der Waals surface area (Å²) < 4.78 is 15.0. The van der Waals surface area contributed by atoms with Crippen LogP contribution >= 0.6 is 0 Å². The van der Waals surface area contributed by atoms with Crippen molar-refractivity contribution in [3.63, 3.8) is 0 Å². The third-order valence-corrected chi connectivity index (χ3v) is 3.66. The van der Waals surface area contributed by atoms with E-state index in [2.05, 4.69) is 13.2 Å². The molecule has 0 aromatic carbocycles. The van der Waals surface area contributed by atoms with Gasteiger partial charge in [-0.1, -0.05) is 25.3 Å². The Balaban J connectivity index is 2.76. The molecule has 0 saturated carbocycles. The van der Waals surface area contributed by atoms with E-state index in [0.717, 1.165) is 6.08 Å². The van der Waals surface area contributed by atoms with Crippen LogP contribution in [-0.2, 0) is 33.4 Å². The molecule has 1 rings (SSSR count). The summed E-state index contributed by atoms with van der Waals surface area (Å²) in [5.74, 6) is -5.05. The lowest BCUT2D eigenvalue weighted by Crippen LogP contribution is -2.37. The zero-order valence-corrected chi connectivity index (χ0v) is 14.5. The van der Waals surface area contributed by atoms with E-state index in [1.165, 1.54) is 6.92 Å². The number of esters is 3. The first-order chi connectivity index (χ1) is 12.3. The van der Waals surface area contributed by atoms with Crippen LogP contribution in [0.25, 0.3) is 0 Å². The van der Waals surface area contributed by atoms with Crippen molar-refractivity contribution in [1.82, 2.24) is 0 Å². The summed E-state index contributed by atoms with van der Waals surface area (Å²) in [6, 6.07) is 0. The standard InChI is InChI=1S/C18H22O8/c1-4-15(19)24-9-12(10-25-17(22)11(2)3)26-18(23)14-8-6-5-7-13(14)16(20)21/h4-6,12-14H,1-2,7-10H2,3H3,(H,20,21). The van der Waals surface area contributed by atoms with Crippen LogP contribution in [-0.4, -0.2) is 48.3 Å². The Morgan fingerprint density at radius 2 is 1.73 bits per heavy atom. The Morgan fingerprint density at radius 1 is 1.15 bits per heavy atom. The molecule has 0 aromatic rings. The molecule has 0 aromatic heterocycles. The number of allylic oxidation sites excluding steroid dienone is 2. The number of carboxylic acid groups (broad SMARTS) is 1. The monoisotopic (exact) mass is 366 g/mol. The third-order valence-electron chi connectivity index (χ3n) is 3.66. The van der Waals surface area contributed by atoms with Gasteiger partial charge in [0.1, 0.15) is 13.2 Å². The van der Waals surface area contributed by atoms with Crippen LogP contribution in [0, 0.1) is 11.8 Å². The van der Waals surface area contributed by atoms with Gasteiger partial charge in [0.15, 0.2) is 6.10 Å². The molecule has 0 spiro atoms. The average molecular weight is 366 g/mol. The summed E-state index contributed by atoms with van der Waals surface area (Å²) in [5, 5.41) is 9.24. The molecule has 26 heavy (non-hydrogen) atoms. The fraction of sp³-hybridized carbons (Fsp3) is 0.444. The van der Waals surface area contributed by atoms with Crippen molar-refractivity contribution in [2.24, 2.45) is 11.8 Å². The molecule has 0 aliphatic heterocycles. The predicted octanol–water partition coefficient (Wildman–Crippen LogP) is 1.41. The minimum absolute atomic E-state index is 0.154. The first-order valence-corrected chi connectivity index (χ1v) is 7.96. The Labute approximate surface area is 151 Å². The zero-order chi connectivity index (χ0) is 19.7. The van der Waals surface area contributed by atoms with E-state index in [1.807, 2.05) is 0 Å². The van der Waals surface area contributed by atoms with Crippen LogP contribution in [0.5, 0.6) is 0 Å².